The smallest absolute Gasteiger partial charge is 0.252 e. The third-order valence-electron chi connectivity index (χ3n) is 5.46. The third kappa shape index (κ3) is 5.03. The van der Waals surface area contributed by atoms with Crippen molar-refractivity contribution in [1.29, 1.82) is 0 Å². The molecule has 4 aromatic rings. The van der Waals surface area contributed by atoms with Crippen LogP contribution in [0.5, 0.6) is 0 Å². The zero-order valence-corrected chi connectivity index (χ0v) is 18.3. The Bertz CT molecular complexity index is 1240. The zero-order chi connectivity index (χ0) is 24.1. The average Bonchev–Trinajstić information content (AvgIpc) is 3.52. The Kier molecular flexibility index (Phi) is 7.09. The van der Waals surface area contributed by atoms with Gasteiger partial charge in [0.05, 0.1) is 35.9 Å². The lowest BCUT2D eigenvalue weighted by Crippen LogP contribution is -2.48. The van der Waals surface area contributed by atoms with Crippen molar-refractivity contribution in [3.05, 3.63) is 84.4 Å². The highest BCUT2D eigenvalue weighted by Gasteiger charge is 2.26. The van der Waals surface area contributed by atoms with E-state index in [2.05, 4.69) is 20.5 Å². The van der Waals surface area contributed by atoms with Crippen molar-refractivity contribution in [2.75, 3.05) is 13.7 Å². The molecule has 0 radical (unpaired) electrons. The molecule has 3 N–H and O–H groups in total. The van der Waals surface area contributed by atoms with Crippen molar-refractivity contribution in [2.24, 2.45) is 0 Å². The molecule has 0 spiro atoms. The molecule has 34 heavy (non-hydrogen) atoms. The Balaban J connectivity index is 1.64. The fourth-order valence-electron chi connectivity index (χ4n) is 3.70. The number of aliphatic hydroxyl groups excluding tert-OH is 1. The molecule has 4 rings (SSSR count). The van der Waals surface area contributed by atoms with E-state index in [9.17, 15) is 18.7 Å². The van der Waals surface area contributed by atoms with Gasteiger partial charge in [0.25, 0.3) is 5.91 Å². The van der Waals surface area contributed by atoms with Gasteiger partial charge >= 0.3 is 0 Å². The summed E-state index contributed by atoms with van der Waals surface area (Å²) in [4.78, 5) is 17.3. The number of nitrogens with one attached hydrogen (secondary N) is 2. The number of carbonyl (C=O) groups excluding carboxylic acids is 1. The minimum absolute atomic E-state index is 0.0419. The molecule has 2 aromatic carbocycles. The molecule has 2 aromatic heterocycles. The van der Waals surface area contributed by atoms with E-state index in [0.717, 1.165) is 0 Å². The average molecular weight is 467 g/mol. The molecule has 176 valence electrons. The van der Waals surface area contributed by atoms with Crippen molar-refractivity contribution in [3.63, 3.8) is 0 Å². The van der Waals surface area contributed by atoms with Crippen LogP contribution in [0.3, 0.4) is 0 Å². The summed E-state index contributed by atoms with van der Waals surface area (Å²) in [7, 11) is 1.43. The standard InChI is InChI=1S/C24H23F2N5O3/c1-34-22(13-32)21(12-31-10-9-27-14-31)28-24(33)17-3-2-4-18(26)23(17)20-11-19(29-30-20)15-5-7-16(25)8-6-15/h2-11,14,21-22,32H,12-13H2,1H3,(H,28,33)(H,29,30)/t21-,22-/m1/s1. The van der Waals surface area contributed by atoms with E-state index in [1.807, 2.05) is 0 Å². The van der Waals surface area contributed by atoms with Crippen molar-refractivity contribution in [1.82, 2.24) is 25.1 Å². The Hall–Kier alpha value is -3.89. The fourth-order valence-corrected chi connectivity index (χ4v) is 3.70. The molecule has 2 atom stereocenters. The number of H-pyrrole nitrogens is 1. The zero-order valence-electron chi connectivity index (χ0n) is 18.3. The Morgan fingerprint density at radius 3 is 2.71 bits per heavy atom. The van der Waals surface area contributed by atoms with Crippen molar-refractivity contribution < 1.29 is 23.4 Å². The topological polar surface area (TPSA) is 105 Å². The maximum absolute atomic E-state index is 14.9. The molecule has 10 heteroatoms. The van der Waals surface area contributed by atoms with Gasteiger partial charge in [0.15, 0.2) is 0 Å². The molecular weight excluding hydrogens is 444 g/mol. The van der Waals surface area contributed by atoms with Crippen LogP contribution in [-0.2, 0) is 11.3 Å². The number of aromatic amines is 1. The lowest BCUT2D eigenvalue weighted by Gasteiger charge is -2.26. The molecule has 0 aliphatic carbocycles. The summed E-state index contributed by atoms with van der Waals surface area (Å²) in [6.45, 7) is -0.0397. The first-order valence-electron chi connectivity index (χ1n) is 10.5. The van der Waals surface area contributed by atoms with E-state index in [4.69, 9.17) is 4.74 Å². The van der Waals surface area contributed by atoms with Gasteiger partial charge in [-0.15, -0.1) is 0 Å². The lowest BCUT2D eigenvalue weighted by atomic mass is 10.0. The molecule has 0 unspecified atom stereocenters. The van der Waals surface area contributed by atoms with Crippen LogP contribution in [0.4, 0.5) is 8.78 Å². The first-order chi connectivity index (χ1) is 16.5. The van der Waals surface area contributed by atoms with Crippen LogP contribution in [-0.4, -0.2) is 56.6 Å². The van der Waals surface area contributed by atoms with Crippen LogP contribution in [0.2, 0.25) is 0 Å². The van der Waals surface area contributed by atoms with E-state index < -0.39 is 23.9 Å². The number of rotatable bonds is 9. The van der Waals surface area contributed by atoms with Crippen LogP contribution in [0.25, 0.3) is 22.5 Å². The summed E-state index contributed by atoms with van der Waals surface area (Å²) in [6.07, 6.45) is 4.21. The van der Waals surface area contributed by atoms with Gasteiger partial charge in [-0.05, 0) is 42.5 Å². The van der Waals surface area contributed by atoms with Gasteiger partial charge in [-0.1, -0.05) is 6.07 Å². The van der Waals surface area contributed by atoms with Gasteiger partial charge in [-0.2, -0.15) is 5.10 Å². The van der Waals surface area contributed by atoms with Crippen molar-refractivity contribution >= 4 is 5.91 Å². The normalized spacial score (nSPS) is 12.9. The molecule has 0 aliphatic heterocycles. The SMILES string of the molecule is CO[C@H](CO)[C@@H](Cn1ccnc1)NC(=O)c1cccc(F)c1-c1cc(-c2ccc(F)cc2)n[nH]1. The number of methoxy groups -OCH3 is 1. The number of aliphatic hydroxyl groups is 1. The molecule has 0 fully saturated rings. The third-order valence-corrected chi connectivity index (χ3v) is 5.46. The highest BCUT2D eigenvalue weighted by Crippen LogP contribution is 2.29. The number of hydrogen-bond donors (Lipinski definition) is 3. The van der Waals surface area contributed by atoms with E-state index in [0.29, 0.717) is 17.0 Å². The minimum Gasteiger partial charge on any atom is -0.394 e. The number of halogens is 2. The summed E-state index contributed by atoms with van der Waals surface area (Å²) < 4.78 is 35.3. The van der Waals surface area contributed by atoms with Crippen molar-refractivity contribution in [3.8, 4) is 22.5 Å². The van der Waals surface area contributed by atoms with Gasteiger partial charge in [0, 0.05) is 37.2 Å². The molecule has 8 nitrogen and oxygen atoms in total. The van der Waals surface area contributed by atoms with Crippen molar-refractivity contribution in [2.45, 2.75) is 18.7 Å². The van der Waals surface area contributed by atoms with Gasteiger partial charge in [-0.25, -0.2) is 13.8 Å². The Labute approximate surface area is 194 Å². The molecule has 1 amide bonds. The molecule has 2 heterocycles. The fraction of sp³-hybridized carbons (Fsp3) is 0.208. The Morgan fingerprint density at radius 1 is 1.24 bits per heavy atom. The number of amides is 1. The maximum Gasteiger partial charge on any atom is 0.252 e. The number of imidazole rings is 1. The molecular formula is C24H23F2N5O3. The second-order valence-corrected chi connectivity index (χ2v) is 7.63. The minimum atomic E-state index is -0.694. The van der Waals surface area contributed by atoms with E-state index in [-0.39, 0.29) is 30.1 Å². The lowest BCUT2D eigenvalue weighted by molar-refractivity contribution is 0.0175. The van der Waals surface area contributed by atoms with Crippen LogP contribution >= 0.6 is 0 Å². The summed E-state index contributed by atoms with van der Waals surface area (Å²) in [5.74, 6) is -1.54. The molecule has 0 saturated heterocycles. The monoisotopic (exact) mass is 467 g/mol. The summed E-state index contributed by atoms with van der Waals surface area (Å²) in [6, 6.07) is 10.9. The van der Waals surface area contributed by atoms with E-state index in [1.54, 1.807) is 41.5 Å². The first kappa shape index (κ1) is 23.3. The summed E-state index contributed by atoms with van der Waals surface area (Å²) >= 11 is 0. The van der Waals surface area contributed by atoms with Gasteiger partial charge in [-0.3, -0.25) is 9.89 Å². The predicted octanol–water partition coefficient (Wildman–Crippen LogP) is 3.02. The second kappa shape index (κ2) is 10.4. The van der Waals surface area contributed by atoms with E-state index in [1.165, 1.54) is 37.4 Å². The van der Waals surface area contributed by atoms with Gasteiger partial charge in [0.1, 0.15) is 17.7 Å². The first-order valence-corrected chi connectivity index (χ1v) is 10.5. The van der Waals surface area contributed by atoms with Gasteiger partial charge in [0.2, 0.25) is 0 Å². The van der Waals surface area contributed by atoms with Crippen LogP contribution in [0.1, 0.15) is 10.4 Å². The summed E-state index contributed by atoms with van der Waals surface area (Å²) in [5, 5.41) is 19.5. The molecule has 0 aliphatic rings. The largest absolute Gasteiger partial charge is 0.394 e. The second-order valence-electron chi connectivity index (χ2n) is 7.63. The predicted molar refractivity (Wildman–Crippen MR) is 121 cm³/mol. The van der Waals surface area contributed by atoms with Crippen LogP contribution in [0.15, 0.2) is 67.3 Å². The molecule has 0 saturated carbocycles. The number of hydrogen-bond acceptors (Lipinski definition) is 5. The van der Waals surface area contributed by atoms with Gasteiger partial charge < -0.3 is 19.7 Å². The highest BCUT2D eigenvalue weighted by molar-refractivity contribution is 6.01. The van der Waals surface area contributed by atoms with E-state index >= 15 is 0 Å². The quantitative estimate of drug-likeness (QED) is 0.351. The Morgan fingerprint density at radius 2 is 2.03 bits per heavy atom. The number of aromatic nitrogens is 4. The highest BCUT2D eigenvalue weighted by atomic mass is 19.1. The number of benzene rings is 2. The number of carbonyl (C=O) groups is 1. The maximum atomic E-state index is 14.9. The number of ether oxygens (including phenoxy) is 1. The van der Waals surface area contributed by atoms with Crippen LogP contribution < -0.4 is 5.32 Å². The summed E-state index contributed by atoms with van der Waals surface area (Å²) in [5.41, 5.74) is 1.52. The molecule has 0 bridgehead atoms. The number of nitrogens with zero attached hydrogens (tertiary/aromatic N) is 3. The van der Waals surface area contributed by atoms with Crippen LogP contribution in [0, 0.1) is 11.6 Å².